The van der Waals surface area contributed by atoms with Gasteiger partial charge in [0.15, 0.2) is 12.0 Å². The van der Waals surface area contributed by atoms with E-state index in [2.05, 4.69) is 53.4 Å². The number of fused-ring (bicyclic) bond motifs is 4. The number of hydrogen-bond donors (Lipinski definition) is 0. The van der Waals surface area contributed by atoms with Crippen molar-refractivity contribution in [2.75, 3.05) is 26.3 Å². The van der Waals surface area contributed by atoms with E-state index in [1.165, 1.54) is 20.2 Å². The van der Waals surface area contributed by atoms with Crippen molar-refractivity contribution in [3.8, 4) is 16.9 Å². The van der Waals surface area contributed by atoms with E-state index < -0.39 is 0 Å². The molecule has 5 heteroatoms. The number of carbonyl (C=O) groups excluding carboxylic acids is 1. The Labute approximate surface area is 178 Å². The zero-order valence-corrected chi connectivity index (χ0v) is 17.3. The summed E-state index contributed by atoms with van der Waals surface area (Å²) >= 11 is 1.80. The highest BCUT2D eigenvalue weighted by molar-refractivity contribution is 7.26. The second kappa shape index (κ2) is 7.20. The number of para-hydroxylation sites is 1. The summed E-state index contributed by atoms with van der Waals surface area (Å²) in [5.74, 6) is 0.869. The van der Waals surface area contributed by atoms with E-state index in [-0.39, 0.29) is 12.0 Å². The molecule has 0 amide bonds. The van der Waals surface area contributed by atoms with Gasteiger partial charge >= 0.3 is 0 Å². The van der Waals surface area contributed by atoms with Gasteiger partial charge in [-0.25, -0.2) is 0 Å². The second-order valence-electron chi connectivity index (χ2n) is 7.81. The van der Waals surface area contributed by atoms with Crippen LogP contribution in [0.4, 0.5) is 0 Å². The van der Waals surface area contributed by atoms with Gasteiger partial charge in [-0.1, -0.05) is 48.5 Å². The summed E-state index contributed by atoms with van der Waals surface area (Å²) in [5.41, 5.74) is 2.81. The number of hydrogen-bond acceptors (Lipinski definition) is 5. The van der Waals surface area contributed by atoms with Crippen molar-refractivity contribution >= 4 is 37.3 Å². The molecule has 2 aliphatic heterocycles. The monoisotopic (exact) mass is 415 g/mol. The Morgan fingerprint density at radius 2 is 1.57 bits per heavy atom. The molecule has 1 saturated heterocycles. The van der Waals surface area contributed by atoms with E-state index in [9.17, 15) is 4.79 Å². The maximum Gasteiger partial charge on any atom is 0.171 e. The minimum absolute atomic E-state index is 0.151. The average Bonchev–Trinajstić information content (AvgIpc) is 3.18. The summed E-state index contributed by atoms with van der Waals surface area (Å²) in [7, 11) is 0. The molecule has 6 rings (SSSR count). The minimum Gasteiger partial charge on any atom is -0.473 e. The molecule has 0 spiro atoms. The van der Waals surface area contributed by atoms with Crippen LogP contribution in [0.5, 0.6) is 5.75 Å². The molecule has 0 saturated carbocycles. The fourth-order valence-electron chi connectivity index (χ4n) is 4.57. The van der Waals surface area contributed by atoms with E-state index in [0.717, 1.165) is 30.0 Å². The van der Waals surface area contributed by atoms with Crippen LogP contribution in [-0.4, -0.2) is 43.2 Å². The predicted molar refractivity (Wildman–Crippen MR) is 121 cm³/mol. The molecule has 3 heterocycles. The molecule has 0 N–H and O–H groups in total. The lowest BCUT2D eigenvalue weighted by molar-refractivity contribution is -0.0486. The maximum atomic E-state index is 13.0. The summed E-state index contributed by atoms with van der Waals surface area (Å²) in [6.45, 7) is 2.95. The highest BCUT2D eigenvalue weighted by Gasteiger charge is 2.33. The van der Waals surface area contributed by atoms with E-state index in [0.29, 0.717) is 25.2 Å². The molecule has 0 bridgehead atoms. The molecular formula is C25H21NO3S. The summed E-state index contributed by atoms with van der Waals surface area (Å²) in [6.07, 6.45) is 0.167. The van der Waals surface area contributed by atoms with Crippen LogP contribution in [-0.2, 0) is 4.74 Å². The zero-order valence-electron chi connectivity index (χ0n) is 16.5. The van der Waals surface area contributed by atoms with E-state index in [1.807, 2.05) is 12.1 Å². The molecule has 3 aromatic carbocycles. The van der Waals surface area contributed by atoms with Crippen LogP contribution in [0.3, 0.4) is 0 Å². The number of rotatable bonds is 2. The van der Waals surface area contributed by atoms with Crippen molar-refractivity contribution < 1.29 is 14.3 Å². The van der Waals surface area contributed by atoms with Crippen LogP contribution in [0.25, 0.3) is 31.3 Å². The fraction of sp³-hybridized carbons (Fsp3) is 0.240. The van der Waals surface area contributed by atoms with Crippen LogP contribution in [0.1, 0.15) is 16.8 Å². The Morgan fingerprint density at radius 3 is 2.47 bits per heavy atom. The van der Waals surface area contributed by atoms with Gasteiger partial charge in [-0.15, -0.1) is 11.3 Å². The number of thiophene rings is 1. The number of benzene rings is 3. The molecule has 2 aliphatic rings. The van der Waals surface area contributed by atoms with Crippen molar-refractivity contribution in [3.63, 3.8) is 0 Å². The topological polar surface area (TPSA) is 38.8 Å². The number of nitrogens with zero attached hydrogens (tertiary/aromatic N) is 1. The molecule has 0 aliphatic carbocycles. The lowest BCUT2D eigenvalue weighted by Crippen LogP contribution is -2.48. The quantitative estimate of drug-likeness (QED) is 0.443. The minimum atomic E-state index is -0.225. The van der Waals surface area contributed by atoms with Crippen molar-refractivity contribution in [2.45, 2.75) is 12.6 Å². The van der Waals surface area contributed by atoms with Crippen LogP contribution < -0.4 is 4.74 Å². The Balaban J connectivity index is 1.51. The SMILES string of the molecule is O=C1CC(N2CCOCC2)Oc2c1cccc2-c1cccc2c1sc1ccccc12. The molecule has 0 radical (unpaired) electrons. The first-order valence-corrected chi connectivity index (χ1v) is 11.2. The largest absolute Gasteiger partial charge is 0.473 e. The number of ketones is 1. The molecule has 1 unspecified atom stereocenters. The van der Waals surface area contributed by atoms with E-state index in [1.54, 1.807) is 11.3 Å². The summed E-state index contributed by atoms with van der Waals surface area (Å²) in [4.78, 5) is 15.2. The Bertz CT molecular complexity index is 1270. The van der Waals surface area contributed by atoms with E-state index in [4.69, 9.17) is 9.47 Å². The van der Waals surface area contributed by atoms with Crippen molar-refractivity contribution in [2.24, 2.45) is 0 Å². The number of morpholine rings is 1. The van der Waals surface area contributed by atoms with Crippen LogP contribution in [0, 0.1) is 0 Å². The van der Waals surface area contributed by atoms with Crippen molar-refractivity contribution in [3.05, 3.63) is 66.2 Å². The highest BCUT2D eigenvalue weighted by atomic mass is 32.1. The van der Waals surface area contributed by atoms with Crippen LogP contribution >= 0.6 is 11.3 Å². The van der Waals surface area contributed by atoms with Gasteiger partial charge in [-0.05, 0) is 12.1 Å². The van der Waals surface area contributed by atoms with Crippen LogP contribution in [0.2, 0.25) is 0 Å². The first-order valence-electron chi connectivity index (χ1n) is 10.3. The van der Waals surface area contributed by atoms with Crippen molar-refractivity contribution in [1.82, 2.24) is 4.90 Å². The highest BCUT2D eigenvalue weighted by Crippen LogP contribution is 2.44. The standard InChI is InChI=1S/C25H21NO3S/c27-21-15-23(26-11-13-28-14-12-26)29-24-17(6-3-9-20(21)24)19-8-4-7-18-16-5-1-2-10-22(16)30-25(18)19/h1-10,23H,11-15H2. The lowest BCUT2D eigenvalue weighted by Gasteiger charge is -2.37. The first kappa shape index (κ1) is 18.1. The summed E-state index contributed by atoms with van der Waals surface area (Å²) in [5, 5.41) is 2.52. The smallest absolute Gasteiger partial charge is 0.171 e. The van der Waals surface area contributed by atoms with Gasteiger partial charge in [0, 0.05) is 44.4 Å². The summed E-state index contributed by atoms with van der Waals surface area (Å²) < 4.78 is 14.5. The molecule has 4 nitrogen and oxygen atoms in total. The number of Topliss-reactive ketones (excluding diaryl/α,β-unsaturated/α-hetero) is 1. The Hall–Kier alpha value is -2.73. The van der Waals surface area contributed by atoms with Gasteiger partial charge in [0.1, 0.15) is 5.75 Å². The third-order valence-corrected chi connectivity index (χ3v) is 7.30. The normalized spacial score (nSPS) is 19.7. The number of ether oxygens (including phenoxy) is 2. The Kier molecular flexibility index (Phi) is 4.34. The fourth-order valence-corrected chi connectivity index (χ4v) is 5.80. The molecule has 30 heavy (non-hydrogen) atoms. The van der Waals surface area contributed by atoms with Gasteiger partial charge in [0.05, 0.1) is 25.2 Å². The molecule has 1 atom stereocenters. The van der Waals surface area contributed by atoms with Gasteiger partial charge in [-0.2, -0.15) is 0 Å². The predicted octanol–water partition coefficient (Wildman–Crippen LogP) is 5.35. The Morgan fingerprint density at radius 1 is 0.833 bits per heavy atom. The molecular weight excluding hydrogens is 394 g/mol. The van der Waals surface area contributed by atoms with E-state index >= 15 is 0 Å². The molecule has 1 aromatic heterocycles. The molecule has 1 fully saturated rings. The van der Waals surface area contributed by atoms with Crippen molar-refractivity contribution in [1.29, 1.82) is 0 Å². The van der Waals surface area contributed by atoms with Crippen LogP contribution in [0.15, 0.2) is 60.7 Å². The maximum absolute atomic E-state index is 13.0. The first-order chi connectivity index (χ1) is 14.8. The van der Waals surface area contributed by atoms with Gasteiger partial charge in [0.2, 0.25) is 0 Å². The lowest BCUT2D eigenvalue weighted by atomic mass is 9.95. The molecule has 4 aromatic rings. The zero-order chi connectivity index (χ0) is 20.1. The summed E-state index contributed by atoms with van der Waals surface area (Å²) in [6, 6.07) is 20.9. The third kappa shape index (κ3) is 2.85. The molecule has 150 valence electrons. The van der Waals surface area contributed by atoms with Gasteiger partial charge in [0.25, 0.3) is 0 Å². The van der Waals surface area contributed by atoms with Gasteiger partial charge < -0.3 is 9.47 Å². The number of carbonyl (C=O) groups is 1. The second-order valence-corrected chi connectivity index (χ2v) is 8.86. The third-order valence-electron chi connectivity index (χ3n) is 6.08. The average molecular weight is 416 g/mol. The van der Waals surface area contributed by atoms with Gasteiger partial charge in [-0.3, -0.25) is 9.69 Å².